The van der Waals surface area contributed by atoms with Crippen molar-refractivity contribution >= 4 is 22.4 Å². The Hall–Kier alpha value is -2.48. The van der Waals surface area contributed by atoms with Crippen molar-refractivity contribution in [1.82, 2.24) is 15.6 Å². The number of methoxy groups -OCH3 is 1. The SMILES string of the molecule is CCNC(=NCc1ccc(OC)c(OCC)c1)NCc1csc(N(C)C)n1. The van der Waals surface area contributed by atoms with E-state index in [2.05, 4.69) is 26.0 Å². The van der Waals surface area contributed by atoms with Gasteiger partial charge in [0.1, 0.15) is 0 Å². The number of nitrogens with one attached hydrogen (secondary N) is 2. The van der Waals surface area contributed by atoms with Gasteiger partial charge in [-0.3, -0.25) is 0 Å². The van der Waals surface area contributed by atoms with Crippen LogP contribution < -0.4 is 25.0 Å². The predicted octanol–water partition coefficient (Wildman–Crippen LogP) is 2.87. The average Bonchev–Trinajstić information content (AvgIpc) is 3.14. The first-order chi connectivity index (χ1) is 13.1. The molecule has 0 aliphatic heterocycles. The van der Waals surface area contributed by atoms with Crippen LogP contribution in [0.3, 0.4) is 0 Å². The molecule has 0 aliphatic carbocycles. The summed E-state index contributed by atoms with van der Waals surface area (Å²) in [5.41, 5.74) is 2.05. The van der Waals surface area contributed by atoms with Crippen LogP contribution in [0.5, 0.6) is 11.5 Å². The number of aliphatic imine (C=N–C) groups is 1. The lowest BCUT2D eigenvalue weighted by Gasteiger charge is -2.12. The number of hydrogen-bond donors (Lipinski definition) is 2. The van der Waals surface area contributed by atoms with Crippen LogP contribution in [0, 0.1) is 0 Å². The van der Waals surface area contributed by atoms with Gasteiger partial charge in [-0.2, -0.15) is 0 Å². The fourth-order valence-corrected chi connectivity index (χ4v) is 3.12. The minimum atomic E-state index is 0.541. The fourth-order valence-electron chi connectivity index (χ4n) is 2.36. The third kappa shape index (κ3) is 6.32. The second-order valence-corrected chi connectivity index (χ2v) is 6.82. The second kappa shape index (κ2) is 10.6. The normalized spacial score (nSPS) is 11.2. The van der Waals surface area contributed by atoms with E-state index in [1.807, 2.05) is 51.0 Å². The van der Waals surface area contributed by atoms with Crippen LogP contribution in [0.1, 0.15) is 25.1 Å². The Morgan fingerprint density at radius 1 is 1.22 bits per heavy atom. The van der Waals surface area contributed by atoms with Crippen LogP contribution in [0.25, 0.3) is 0 Å². The molecule has 27 heavy (non-hydrogen) atoms. The molecule has 0 saturated carbocycles. The number of nitrogens with zero attached hydrogens (tertiary/aromatic N) is 3. The van der Waals surface area contributed by atoms with Crippen molar-refractivity contribution in [3.8, 4) is 11.5 Å². The zero-order valence-electron chi connectivity index (χ0n) is 16.7. The number of aromatic nitrogens is 1. The lowest BCUT2D eigenvalue weighted by molar-refractivity contribution is 0.310. The van der Waals surface area contributed by atoms with Crippen LogP contribution in [0.2, 0.25) is 0 Å². The van der Waals surface area contributed by atoms with E-state index in [0.717, 1.165) is 40.4 Å². The van der Waals surface area contributed by atoms with E-state index in [4.69, 9.17) is 9.47 Å². The molecular weight excluding hydrogens is 362 g/mol. The van der Waals surface area contributed by atoms with Crippen LogP contribution in [0.4, 0.5) is 5.13 Å². The molecule has 0 aliphatic rings. The minimum Gasteiger partial charge on any atom is -0.493 e. The smallest absolute Gasteiger partial charge is 0.191 e. The summed E-state index contributed by atoms with van der Waals surface area (Å²) in [6, 6.07) is 5.88. The highest BCUT2D eigenvalue weighted by Gasteiger charge is 2.07. The van der Waals surface area contributed by atoms with Crippen molar-refractivity contribution in [2.24, 2.45) is 4.99 Å². The van der Waals surface area contributed by atoms with E-state index in [-0.39, 0.29) is 0 Å². The molecular formula is C19H29N5O2S. The number of hydrogen-bond acceptors (Lipinski definition) is 6. The molecule has 0 unspecified atom stereocenters. The maximum Gasteiger partial charge on any atom is 0.191 e. The summed E-state index contributed by atoms with van der Waals surface area (Å²) < 4.78 is 11.0. The largest absolute Gasteiger partial charge is 0.493 e. The Labute approximate surface area is 165 Å². The number of benzene rings is 1. The first-order valence-corrected chi connectivity index (χ1v) is 9.88. The van der Waals surface area contributed by atoms with Gasteiger partial charge in [0, 0.05) is 26.0 Å². The van der Waals surface area contributed by atoms with Gasteiger partial charge in [-0.25, -0.2) is 9.98 Å². The molecule has 0 spiro atoms. The first kappa shape index (κ1) is 20.8. The van der Waals surface area contributed by atoms with Gasteiger partial charge in [0.05, 0.1) is 32.5 Å². The van der Waals surface area contributed by atoms with E-state index in [1.54, 1.807) is 18.4 Å². The standard InChI is InChI=1S/C19H29N5O2S/c1-6-20-18(22-12-15-13-27-19(23-15)24(3)4)21-11-14-8-9-16(25-5)17(10-14)26-7-2/h8-10,13H,6-7,11-12H2,1-5H3,(H2,20,21,22). The first-order valence-electron chi connectivity index (χ1n) is 9.01. The molecule has 0 saturated heterocycles. The van der Waals surface area contributed by atoms with Gasteiger partial charge in [0.15, 0.2) is 22.6 Å². The summed E-state index contributed by atoms with van der Waals surface area (Å²) in [6.07, 6.45) is 0. The van der Waals surface area contributed by atoms with Gasteiger partial charge in [-0.1, -0.05) is 6.07 Å². The number of thiazole rings is 1. The molecule has 2 aromatic rings. The van der Waals surface area contributed by atoms with Crippen molar-refractivity contribution in [2.45, 2.75) is 26.9 Å². The molecule has 1 aromatic carbocycles. The highest BCUT2D eigenvalue weighted by molar-refractivity contribution is 7.13. The lowest BCUT2D eigenvalue weighted by atomic mass is 10.2. The maximum atomic E-state index is 5.63. The van der Waals surface area contributed by atoms with Gasteiger partial charge in [0.25, 0.3) is 0 Å². The van der Waals surface area contributed by atoms with Gasteiger partial charge >= 0.3 is 0 Å². The van der Waals surface area contributed by atoms with E-state index in [9.17, 15) is 0 Å². The summed E-state index contributed by atoms with van der Waals surface area (Å²) >= 11 is 1.63. The zero-order valence-corrected chi connectivity index (χ0v) is 17.5. The number of ether oxygens (including phenoxy) is 2. The topological polar surface area (TPSA) is 71.0 Å². The summed E-state index contributed by atoms with van der Waals surface area (Å²) in [5, 5.41) is 9.65. The van der Waals surface area contributed by atoms with Gasteiger partial charge < -0.3 is 25.0 Å². The highest BCUT2D eigenvalue weighted by Crippen LogP contribution is 2.28. The molecule has 2 rings (SSSR count). The molecule has 8 heteroatoms. The molecule has 1 heterocycles. The number of guanidine groups is 1. The Morgan fingerprint density at radius 2 is 2.04 bits per heavy atom. The second-order valence-electron chi connectivity index (χ2n) is 5.98. The van der Waals surface area contributed by atoms with Gasteiger partial charge in [-0.15, -0.1) is 11.3 Å². The third-order valence-electron chi connectivity index (χ3n) is 3.65. The Morgan fingerprint density at radius 3 is 2.67 bits per heavy atom. The molecule has 0 radical (unpaired) electrons. The quantitative estimate of drug-likeness (QED) is 0.506. The molecule has 1 aromatic heterocycles. The van der Waals surface area contributed by atoms with Crippen LogP contribution in [-0.4, -0.2) is 45.3 Å². The van der Waals surface area contributed by atoms with Crippen LogP contribution in [0.15, 0.2) is 28.6 Å². The molecule has 0 amide bonds. The summed E-state index contributed by atoms with van der Waals surface area (Å²) in [6.45, 7) is 6.55. The summed E-state index contributed by atoms with van der Waals surface area (Å²) in [7, 11) is 5.63. The zero-order chi connectivity index (χ0) is 19.6. The Balaban J connectivity index is 2.02. The van der Waals surface area contributed by atoms with E-state index in [0.29, 0.717) is 19.7 Å². The molecule has 7 nitrogen and oxygen atoms in total. The van der Waals surface area contributed by atoms with Crippen molar-refractivity contribution in [3.05, 3.63) is 34.8 Å². The predicted molar refractivity (Wildman–Crippen MR) is 112 cm³/mol. The molecule has 148 valence electrons. The molecule has 0 bridgehead atoms. The monoisotopic (exact) mass is 391 g/mol. The Kier molecular flexibility index (Phi) is 8.19. The van der Waals surface area contributed by atoms with E-state index < -0.39 is 0 Å². The molecule has 2 N–H and O–H groups in total. The maximum absolute atomic E-state index is 5.63. The third-order valence-corrected chi connectivity index (χ3v) is 4.71. The lowest BCUT2D eigenvalue weighted by Crippen LogP contribution is -2.36. The van der Waals surface area contributed by atoms with E-state index >= 15 is 0 Å². The minimum absolute atomic E-state index is 0.541. The molecule has 0 atom stereocenters. The fraction of sp³-hybridized carbons (Fsp3) is 0.474. The number of rotatable bonds is 9. The Bertz CT molecular complexity index is 745. The van der Waals surface area contributed by atoms with Crippen molar-refractivity contribution in [3.63, 3.8) is 0 Å². The molecule has 0 fully saturated rings. The number of anilines is 1. The van der Waals surface area contributed by atoms with Crippen LogP contribution >= 0.6 is 11.3 Å². The van der Waals surface area contributed by atoms with Gasteiger partial charge in [0.2, 0.25) is 0 Å². The summed E-state index contributed by atoms with van der Waals surface area (Å²) in [5.74, 6) is 2.23. The highest BCUT2D eigenvalue weighted by atomic mass is 32.1. The van der Waals surface area contributed by atoms with Crippen molar-refractivity contribution in [2.75, 3.05) is 39.3 Å². The summed E-state index contributed by atoms with van der Waals surface area (Å²) in [4.78, 5) is 11.2. The van der Waals surface area contributed by atoms with Gasteiger partial charge in [-0.05, 0) is 31.5 Å². The van der Waals surface area contributed by atoms with Crippen molar-refractivity contribution < 1.29 is 9.47 Å². The van der Waals surface area contributed by atoms with Crippen LogP contribution in [-0.2, 0) is 13.1 Å². The average molecular weight is 392 g/mol. The van der Waals surface area contributed by atoms with E-state index in [1.165, 1.54) is 0 Å². The van der Waals surface area contributed by atoms with Crippen molar-refractivity contribution in [1.29, 1.82) is 0 Å².